The summed E-state index contributed by atoms with van der Waals surface area (Å²) in [5, 5.41) is 0. The van der Waals surface area contributed by atoms with Crippen LogP contribution >= 0.6 is 0 Å². The van der Waals surface area contributed by atoms with Gasteiger partial charge in [0.2, 0.25) is 5.82 Å². The molecule has 30 heavy (non-hydrogen) atoms. The van der Waals surface area contributed by atoms with Crippen molar-refractivity contribution in [3.8, 4) is 5.75 Å². The normalized spacial score (nSPS) is 19.3. The molecular weight excluding hydrogens is 378 g/mol. The number of rotatable bonds is 9. The number of ether oxygens (including phenoxy) is 1. The molecule has 0 unspecified atom stereocenters. The third kappa shape index (κ3) is 5.93. The van der Waals surface area contributed by atoms with Gasteiger partial charge in [-0.1, -0.05) is 55.8 Å². The van der Waals surface area contributed by atoms with Crippen molar-refractivity contribution in [2.24, 2.45) is 5.92 Å². The van der Waals surface area contributed by atoms with Gasteiger partial charge in [0.15, 0.2) is 11.6 Å². The molecule has 3 heteroatoms. The van der Waals surface area contributed by atoms with Gasteiger partial charge in [0, 0.05) is 0 Å². The first-order chi connectivity index (χ1) is 14.6. The predicted octanol–water partition coefficient (Wildman–Crippen LogP) is 7.78. The highest BCUT2D eigenvalue weighted by Gasteiger charge is 2.20. The summed E-state index contributed by atoms with van der Waals surface area (Å²) in [6.07, 6.45) is 12.8. The number of hydrogen-bond acceptors (Lipinski definition) is 1. The van der Waals surface area contributed by atoms with Gasteiger partial charge in [-0.2, -0.15) is 4.39 Å². The van der Waals surface area contributed by atoms with Gasteiger partial charge in [-0.05, 0) is 86.5 Å². The van der Waals surface area contributed by atoms with E-state index in [1.54, 1.807) is 13.0 Å². The Hall–Kier alpha value is -2.16. The lowest BCUT2D eigenvalue weighted by Crippen LogP contribution is -2.11. The largest absolute Gasteiger partial charge is 0.491 e. The zero-order valence-electron chi connectivity index (χ0n) is 18.3. The van der Waals surface area contributed by atoms with Crippen LogP contribution in [0.3, 0.4) is 0 Å². The molecule has 0 atom stereocenters. The second-order valence-corrected chi connectivity index (χ2v) is 8.35. The second-order valence-electron chi connectivity index (χ2n) is 8.35. The van der Waals surface area contributed by atoms with Crippen LogP contribution in [0.1, 0.15) is 75.0 Å². The molecule has 0 saturated heterocycles. The monoisotopic (exact) mass is 412 g/mol. The fraction of sp³-hybridized carbons (Fsp3) is 0.481. The predicted molar refractivity (Wildman–Crippen MR) is 120 cm³/mol. The first kappa shape index (κ1) is 22.5. The summed E-state index contributed by atoms with van der Waals surface area (Å²) in [5.41, 5.74) is 3.32. The van der Waals surface area contributed by atoms with Crippen molar-refractivity contribution in [2.45, 2.75) is 71.1 Å². The Labute approximate surface area is 180 Å². The molecule has 0 aromatic heterocycles. The minimum Gasteiger partial charge on any atom is -0.491 e. The van der Waals surface area contributed by atoms with Crippen LogP contribution in [0.15, 0.2) is 48.6 Å². The summed E-state index contributed by atoms with van der Waals surface area (Å²) in [6, 6.07) is 12.4. The molecule has 2 aromatic carbocycles. The lowest BCUT2D eigenvalue weighted by atomic mass is 9.78. The van der Waals surface area contributed by atoms with Crippen LogP contribution in [-0.2, 0) is 12.8 Å². The third-order valence-corrected chi connectivity index (χ3v) is 6.18. The van der Waals surface area contributed by atoms with Crippen molar-refractivity contribution in [1.29, 1.82) is 0 Å². The number of halogens is 2. The smallest absolute Gasteiger partial charge is 0.200 e. The molecule has 0 aliphatic heterocycles. The first-order valence-electron chi connectivity index (χ1n) is 11.5. The minimum atomic E-state index is -0.876. The molecule has 1 aliphatic rings. The van der Waals surface area contributed by atoms with Crippen molar-refractivity contribution in [1.82, 2.24) is 0 Å². The van der Waals surface area contributed by atoms with E-state index < -0.39 is 11.6 Å². The van der Waals surface area contributed by atoms with Crippen LogP contribution in [0.5, 0.6) is 5.75 Å². The molecule has 2 aromatic rings. The van der Waals surface area contributed by atoms with Crippen molar-refractivity contribution in [3.63, 3.8) is 0 Å². The van der Waals surface area contributed by atoms with Gasteiger partial charge in [0.25, 0.3) is 0 Å². The van der Waals surface area contributed by atoms with Crippen molar-refractivity contribution in [3.05, 3.63) is 76.9 Å². The Balaban J connectivity index is 1.44. The Morgan fingerprint density at radius 3 is 2.30 bits per heavy atom. The quantitative estimate of drug-likeness (QED) is 0.382. The first-order valence-corrected chi connectivity index (χ1v) is 11.5. The fourth-order valence-electron chi connectivity index (χ4n) is 4.45. The molecule has 3 rings (SSSR count). The van der Waals surface area contributed by atoms with E-state index >= 15 is 0 Å². The molecule has 1 nitrogen and oxygen atoms in total. The summed E-state index contributed by atoms with van der Waals surface area (Å²) in [6.45, 7) is 4.30. The molecule has 0 N–H and O–H groups in total. The summed E-state index contributed by atoms with van der Waals surface area (Å²) in [7, 11) is 0. The molecule has 162 valence electrons. The maximum absolute atomic E-state index is 14.2. The maximum atomic E-state index is 14.2. The van der Waals surface area contributed by atoms with E-state index in [2.05, 4.69) is 43.3 Å². The summed E-state index contributed by atoms with van der Waals surface area (Å²) >= 11 is 0. The highest BCUT2D eigenvalue weighted by molar-refractivity contribution is 5.31. The van der Waals surface area contributed by atoms with Crippen molar-refractivity contribution >= 4 is 0 Å². The van der Waals surface area contributed by atoms with E-state index in [4.69, 9.17) is 4.74 Å². The Bertz CT molecular complexity index is 818. The fourth-order valence-corrected chi connectivity index (χ4v) is 4.45. The number of allylic oxidation sites excluding steroid dienone is 2. The van der Waals surface area contributed by atoms with Gasteiger partial charge in [-0.3, -0.25) is 0 Å². The molecule has 0 radical (unpaired) electrons. The summed E-state index contributed by atoms with van der Waals surface area (Å²) < 4.78 is 33.2. The Morgan fingerprint density at radius 1 is 0.900 bits per heavy atom. The summed E-state index contributed by atoms with van der Waals surface area (Å²) in [4.78, 5) is 0. The van der Waals surface area contributed by atoms with Crippen LogP contribution in [0.25, 0.3) is 0 Å². The molecule has 1 fully saturated rings. The van der Waals surface area contributed by atoms with Gasteiger partial charge in [0.05, 0.1) is 6.61 Å². The second kappa shape index (κ2) is 11.3. The molecule has 0 spiro atoms. The van der Waals surface area contributed by atoms with E-state index in [0.717, 1.165) is 12.8 Å². The zero-order chi connectivity index (χ0) is 21.3. The zero-order valence-corrected chi connectivity index (χ0v) is 18.3. The van der Waals surface area contributed by atoms with Crippen LogP contribution in [-0.4, -0.2) is 6.61 Å². The van der Waals surface area contributed by atoms with E-state index in [1.165, 1.54) is 49.3 Å². The van der Waals surface area contributed by atoms with Crippen molar-refractivity contribution in [2.75, 3.05) is 6.61 Å². The van der Waals surface area contributed by atoms with E-state index in [-0.39, 0.29) is 5.75 Å². The highest BCUT2D eigenvalue weighted by atomic mass is 19.2. The number of aryl methyl sites for hydroxylation is 2. The van der Waals surface area contributed by atoms with Gasteiger partial charge in [0.1, 0.15) is 0 Å². The minimum absolute atomic E-state index is 0.00828. The van der Waals surface area contributed by atoms with Crippen LogP contribution in [0.2, 0.25) is 0 Å². The molecule has 0 bridgehead atoms. The molecule has 0 heterocycles. The van der Waals surface area contributed by atoms with Crippen LogP contribution in [0.4, 0.5) is 8.78 Å². The van der Waals surface area contributed by atoms with Crippen LogP contribution < -0.4 is 4.74 Å². The Kier molecular flexibility index (Phi) is 8.48. The molecule has 1 saturated carbocycles. The number of benzene rings is 2. The Morgan fingerprint density at radius 2 is 1.63 bits per heavy atom. The van der Waals surface area contributed by atoms with E-state index in [0.29, 0.717) is 30.4 Å². The van der Waals surface area contributed by atoms with Gasteiger partial charge in [-0.15, -0.1) is 0 Å². The SMILES string of the molecule is CCCc1ccc(C2CCC(C=CCCc3ccc(OCC)c(F)c3F)CC2)cc1. The maximum Gasteiger partial charge on any atom is 0.200 e. The highest BCUT2D eigenvalue weighted by Crippen LogP contribution is 2.36. The lowest BCUT2D eigenvalue weighted by molar-refractivity contribution is 0.313. The standard InChI is InChI=1S/C27H34F2O/c1-3-7-20-10-14-22(15-11-20)23-16-12-21(13-17-23)8-5-6-9-24-18-19-25(30-4-2)27(29)26(24)28/h5,8,10-11,14-15,18-19,21,23H,3-4,6-7,9,12-13,16-17H2,1-2H3. The van der Waals surface area contributed by atoms with E-state index in [9.17, 15) is 8.78 Å². The number of hydrogen-bond donors (Lipinski definition) is 0. The molecule has 1 aliphatic carbocycles. The van der Waals surface area contributed by atoms with E-state index in [1.807, 2.05) is 0 Å². The van der Waals surface area contributed by atoms with Gasteiger partial charge in [-0.25, -0.2) is 4.39 Å². The van der Waals surface area contributed by atoms with Crippen molar-refractivity contribution < 1.29 is 13.5 Å². The average molecular weight is 413 g/mol. The van der Waals surface area contributed by atoms with Crippen LogP contribution in [0, 0.1) is 17.6 Å². The molecular formula is C27H34F2O. The lowest BCUT2D eigenvalue weighted by Gasteiger charge is -2.27. The van der Waals surface area contributed by atoms with Gasteiger partial charge < -0.3 is 4.74 Å². The third-order valence-electron chi connectivity index (χ3n) is 6.18. The van der Waals surface area contributed by atoms with Gasteiger partial charge >= 0.3 is 0 Å². The molecule has 0 amide bonds. The summed E-state index contributed by atoms with van der Waals surface area (Å²) in [5.74, 6) is -0.390. The topological polar surface area (TPSA) is 9.23 Å². The average Bonchev–Trinajstić information content (AvgIpc) is 2.77.